The van der Waals surface area contributed by atoms with Crippen LogP contribution in [0.4, 0.5) is 0 Å². The number of aryl methyl sites for hydroxylation is 2. The first-order valence-corrected chi connectivity index (χ1v) is 8.51. The molecule has 1 atom stereocenters. The van der Waals surface area contributed by atoms with Crippen molar-refractivity contribution in [3.8, 4) is 0 Å². The molecule has 1 spiro atoms. The molecule has 132 valence electrons. The number of hydrogen-bond acceptors (Lipinski definition) is 4. The number of likely N-dealkylation sites (tertiary alicyclic amines) is 1. The summed E-state index contributed by atoms with van der Waals surface area (Å²) in [4.78, 5) is 32.8. The van der Waals surface area contributed by atoms with Gasteiger partial charge in [-0.25, -0.2) is 4.98 Å². The van der Waals surface area contributed by atoms with E-state index in [-0.39, 0.29) is 18.4 Å². The summed E-state index contributed by atoms with van der Waals surface area (Å²) in [7, 11) is 1.79. The number of carbonyl (C=O) groups is 2. The smallest absolute Gasteiger partial charge is 0.272 e. The summed E-state index contributed by atoms with van der Waals surface area (Å²) >= 11 is 0. The van der Waals surface area contributed by atoms with Crippen LogP contribution in [0.5, 0.6) is 0 Å². The van der Waals surface area contributed by atoms with E-state index in [0.717, 1.165) is 23.3 Å². The number of morpholine rings is 1. The van der Waals surface area contributed by atoms with E-state index in [1.54, 1.807) is 11.9 Å². The highest BCUT2D eigenvalue weighted by Gasteiger charge is 2.46. The maximum absolute atomic E-state index is 13.1. The lowest BCUT2D eigenvalue weighted by atomic mass is 10.0. The number of ether oxygens (including phenoxy) is 1. The molecule has 0 bridgehead atoms. The highest BCUT2D eigenvalue weighted by atomic mass is 16.5. The third-order valence-electron chi connectivity index (χ3n) is 5.22. The maximum Gasteiger partial charge on any atom is 0.272 e. The predicted octanol–water partition coefficient (Wildman–Crippen LogP) is 1.02. The molecule has 2 amide bonds. The average molecular weight is 342 g/mol. The number of nitrogens with zero attached hydrogens (tertiary/aromatic N) is 4. The second-order valence-electron chi connectivity index (χ2n) is 7.18. The number of likely N-dealkylation sites (N-methyl/N-ethyl adjacent to an activating group) is 1. The van der Waals surface area contributed by atoms with Crippen molar-refractivity contribution in [1.29, 1.82) is 0 Å². The Morgan fingerprint density at radius 3 is 2.88 bits per heavy atom. The van der Waals surface area contributed by atoms with Gasteiger partial charge in [-0.2, -0.15) is 0 Å². The van der Waals surface area contributed by atoms with Crippen LogP contribution in [0.25, 0.3) is 5.65 Å². The zero-order valence-electron chi connectivity index (χ0n) is 14.8. The van der Waals surface area contributed by atoms with E-state index in [0.29, 0.717) is 25.3 Å². The summed E-state index contributed by atoms with van der Waals surface area (Å²) in [5.41, 5.74) is 2.79. The first-order chi connectivity index (χ1) is 11.9. The minimum Gasteiger partial charge on any atom is -0.361 e. The number of carbonyl (C=O) groups excluding carboxylic acids is 2. The molecule has 0 N–H and O–H groups in total. The molecule has 0 unspecified atom stereocenters. The van der Waals surface area contributed by atoms with E-state index in [2.05, 4.69) is 4.98 Å². The average Bonchev–Trinajstić information content (AvgIpc) is 3.11. The zero-order valence-corrected chi connectivity index (χ0v) is 14.8. The molecular formula is C18H22N4O3. The molecule has 25 heavy (non-hydrogen) atoms. The minimum atomic E-state index is -0.441. The van der Waals surface area contributed by atoms with Crippen LogP contribution in [0.3, 0.4) is 0 Å². The number of rotatable bonds is 1. The molecule has 0 aromatic carbocycles. The van der Waals surface area contributed by atoms with Gasteiger partial charge in [-0.05, 0) is 38.0 Å². The summed E-state index contributed by atoms with van der Waals surface area (Å²) in [6.45, 7) is 5.62. The van der Waals surface area contributed by atoms with Gasteiger partial charge in [-0.15, -0.1) is 0 Å². The summed E-state index contributed by atoms with van der Waals surface area (Å²) in [6, 6.07) is 3.95. The SMILES string of the molecule is Cc1ccn2c(C(=O)N3CC[C@@]4(CN(C)C(=O)CO4)C3)c(C)nc2c1. The van der Waals surface area contributed by atoms with Gasteiger partial charge in [-0.1, -0.05) is 0 Å². The Hall–Kier alpha value is -2.41. The summed E-state index contributed by atoms with van der Waals surface area (Å²) in [6.07, 6.45) is 2.64. The summed E-state index contributed by atoms with van der Waals surface area (Å²) < 4.78 is 7.69. The van der Waals surface area contributed by atoms with Crippen LogP contribution < -0.4 is 0 Å². The van der Waals surface area contributed by atoms with Crippen molar-refractivity contribution in [1.82, 2.24) is 19.2 Å². The van der Waals surface area contributed by atoms with Gasteiger partial charge in [0.05, 0.1) is 18.8 Å². The lowest BCUT2D eigenvalue weighted by molar-refractivity contribution is -0.158. The lowest BCUT2D eigenvalue weighted by Crippen LogP contribution is -2.54. The Kier molecular flexibility index (Phi) is 3.57. The molecule has 2 saturated heterocycles. The number of hydrogen-bond donors (Lipinski definition) is 0. The molecule has 2 aromatic heterocycles. The van der Waals surface area contributed by atoms with Crippen LogP contribution in [-0.4, -0.2) is 69.9 Å². The van der Waals surface area contributed by atoms with Gasteiger partial charge in [0.15, 0.2) is 0 Å². The van der Waals surface area contributed by atoms with E-state index >= 15 is 0 Å². The minimum absolute atomic E-state index is 0.0107. The summed E-state index contributed by atoms with van der Waals surface area (Å²) in [5.74, 6) is -0.0442. The van der Waals surface area contributed by atoms with Crippen LogP contribution in [-0.2, 0) is 9.53 Å². The van der Waals surface area contributed by atoms with Crippen LogP contribution in [0, 0.1) is 13.8 Å². The number of imidazole rings is 1. The molecule has 0 saturated carbocycles. The highest BCUT2D eigenvalue weighted by molar-refractivity contribution is 5.95. The van der Waals surface area contributed by atoms with Gasteiger partial charge in [0, 0.05) is 19.8 Å². The molecule has 2 aromatic rings. The molecule has 0 aliphatic carbocycles. The van der Waals surface area contributed by atoms with Gasteiger partial charge < -0.3 is 14.5 Å². The van der Waals surface area contributed by atoms with Gasteiger partial charge in [0.2, 0.25) is 5.91 Å². The molecule has 7 heteroatoms. The van der Waals surface area contributed by atoms with Gasteiger partial charge in [0.1, 0.15) is 23.5 Å². The fourth-order valence-corrected chi connectivity index (χ4v) is 3.83. The normalized spacial score (nSPS) is 23.9. The quantitative estimate of drug-likeness (QED) is 0.776. The number of pyridine rings is 1. The first kappa shape index (κ1) is 16.1. The Morgan fingerprint density at radius 2 is 2.12 bits per heavy atom. The van der Waals surface area contributed by atoms with Crippen molar-refractivity contribution < 1.29 is 14.3 Å². The molecular weight excluding hydrogens is 320 g/mol. The molecule has 7 nitrogen and oxygen atoms in total. The van der Waals surface area contributed by atoms with E-state index < -0.39 is 5.60 Å². The van der Waals surface area contributed by atoms with Gasteiger partial charge >= 0.3 is 0 Å². The van der Waals surface area contributed by atoms with E-state index in [4.69, 9.17) is 4.74 Å². The number of aromatic nitrogens is 2. The molecule has 0 radical (unpaired) electrons. The standard InChI is InChI=1S/C18H22N4O3/c1-12-4-6-22-14(8-12)19-13(2)16(22)17(24)21-7-5-18(11-21)10-20(3)15(23)9-25-18/h4,6,8H,5,7,9-11H2,1-3H3/t18-/m1/s1. The number of fused-ring (bicyclic) bond motifs is 1. The van der Waals surface area contributed by atoms with Crippen molar-refractivity contribution in [3.05, 3.63) is 35.3 Å². The molecule has 2 aliphatic rings. The topological polar surface area (TPSA) is 67.2 Å². The van der Waals surface area contributed by atoms with Crippen molar-refractivity contribution in [2.45, 2.75) is 25.9 Å². The first-order valence-electron chi connectivity index (χ1n) is 8.51. The van der Waals surface area contributed by atoms with E-state index in [1.165, 1.54) is 0 Å². The molecule has 4 heterocycles. The third kappa shape index (κ3) is 2.59. The predicted molar refractivity (Wildman–Crippen MR) is 91.5 cm³/mol. The Balaban J connectivity index is 1.61. The highest BCUT2D eigenvalue weighted by Crippen LogP contribution is 2.30. The fraction of sp³-hybridized carbons (Fsp3) is 0.500. The second-order valence-corrected chi connectivity index (χ2v) is 7.18. The van der Waals surface area contributed by atoms with Crippen molar-refractivity contribution in [2.24, 2.45) is 0 Å². The van der Waals surface area contributed by atoms with Crippen LogP contribution in [0.2, 0.25) is 0 Å². The third-order valence-corrected chi connectivity index (χ3v) is 5.22. The zero-order chi connectivity index (χ0) is 17.8. The Morgan fingerprint density at radius 1 is 1.32 bits per heavy atom. The van der Waals surface area contributed by atoms with Crippen LogP contribution in [0.1, 0.15) is 28.2 Å². The molecule has 4 rings (SSSR count). The van der Waals surface area contributed by atoms with Gasteiger partial charge in [-0.3, -0.25) is 14.0 Å². The monoisotopic (exact) mass is 342 g/mol. The number of amides is 2. The Bertz CT molecular complexity index is 875. The fourth-order valence-electron chi connectivity index (χ4n) is 3.83. The largest absolute Gasteiger partial charge is 0.361 e. The van der Waals surface area contributed by atoms with Crippen molar-refractivity contribution >= 4 is 17.5 Å². The Labute approximate surface area is 146 Å². The lowest BCUT2D eigenvalue weighted by Gasteiger charge is -2.38. The molecule has 2 aliphatic heterocycles. The van der Waals surface area contributed by atoms with E-state index in [1.807, 2.05) is 41.5 Å². The van der Waals surface area contributed by atoms with Gasteiger partial charge in [0.25, 0.3) is 5.91 Å². The van der Waals surface area contributed by atoms with Crippen LogP contribution >= 0.6 is 0 Å². The molecule has 2 fully saturated rings. The van der Waals surface area contributed by atoms with Crippen molar-refractivity contribution in [3.63, 3.8) is 0 Å². The summed E-state index contributed by atoms with van der Waals surface area (Å²) in [5, 5.41) is 0. The van der Waals surface area contributed by atoms with Crippen molar-refractivity contribution in [2.75, 3.05) is 33.3 Å². The van der Waals surface area contributed by atoms with Crippen LogP contribution in [0.15, 0.2) is 18.3 Å². The second kappa shape index (κ2) is 5.56. The maximum atomic E-state index is 13.1. The van der Waals surface area contributed by atoms with E-state index in [9.17, 15) is 9.59 Å².